The summed E-state index contributed by atoms with van der Waals surface area (Å²) in [5.74, 6) is -3.17. The number of carbonyl (C=O) groups is 4. The maximum Gasteiger partial charge on any atom is 0.359 e. The first kappa shape index (κ1) is 26.9. The Morgan fingerprint density at radius 3 is 2.38 bits per heavy atom. The number of sulfone groups is 1. The molecule has 2 rings (SSSR count). The number of ether oxygens (including phenoxy) is 3. The van der Waals surface area contributed by atoms with Gasteiger partial charge in [0, 0.05) is 19.1 Å². The van der Waals surface area contributed by atoms with E-state index in [1.807, 2.05) is 0 Å². The molecule has 1 atom stereocenters. The van der Waals surface area contributed by atoms with Crippen molar-refractivity contribution in [1.29, 1.82) is 0 Å². The lowest BCUT2D eigenvalue weighted by molar-refractivity contribution is -0.144. The number of aromatic nitrogens is 1. The van der Waals surface area contributed by atoms with E-state index >= 15 is 0 Å². The molecule has 34 heavy (non-hydrogen) atoms. The van der Waals surface area contributed by atoms with Crippen molar-refractivity contribution in [2.45, 2.75) is 30.9 Å². The lowest BCUT2D eigenvalue weighted by Gasteiger charge is -2.12. The molecule has 184 valence electrons. The summed E-state index contributed by atoms with van der Waals surface area (Å²) in [7, 11) is -2.74. The highest BCUT2D eigenvalue weighted by atomic mass is 32.2. The molecule has 1 aromatic heterocycles. The largest absolute Gasteiger partial charge is 0.466 e. The first-order chi connectivity index (χ1) is 16.0. The van der Waals surface area contributed by atoms with Crippen molar-refractivity contribution in [1.82, 2.24) is 4.98 Å². The maximum absolute atomic E-state index is 12.8. The van der Waals surface area contributed by atoms with Gasteiger partial charge in [-0.2, -0.15) is 0 Å². The van der Waals surface area contributed by atoms with Crippen LogP contribution in [0.4, 0.5) is 5.13 Å². The summed E-state index contributed by atoms with van der Waals surface area (Å²) in [5.41, 5.74) is -0.467. The molecule has 1 aromatic carbocycles. The number of methoxy groups -OCH3 is 1. The molecule has 1 heterocycles. The van der Waals surface area contributed by atoms with Crippen molar-refractivity contribution in [2.24, 2.45) is 5.92 Å². The third-order valence-corrected chi connectivity index (χ3v) is 7.01. The molecule has 1 N–H and O–H groups in total. The quantitative estimate of drug-likeness (QED) is 0.371. The number of anilines is 1. The molecule has 1 unspecified atom stereocenters. The standard InChI is InChI=1S/C21H24N2O9S2/c1-5-31-15(24)10-12(2)11-16(25)32-14-9-7-6-8-13(14)18(26)23-21-22-17(19(27)30-3)20(33-21)34(4,28)29/h6-9,12H,5,10-11H2,1-4H3,(H,22,23,26). The van der Waals surface area contributed by atoms with Crippen LogP contribution in [-0.4, -0.2) is 57.2 Å². The monoisotopic (exact) mass is 512 g/mol. The normalized spacial score (nSPS) is 11.9. The van der Waals surface area contributed by atoms with Crippen LogP contribution in [0.3, 0.4) is 0 Å². The number of thiazole rings is 1. The summed E-state index contributed by atoms with van der Waals surface area (Å²) in [6.45, 7) is 3.62. The summed E-state index contributed by atoms with van der Waals surface area (Å²) in [6, 6.07) is 5.90. The first-order valence-corrected chi connectivity index (χ1v) is 12.7. The molecule has 2 aromatic rings. The number of rotatable bonds is 10. The highest BCUT2D eigenvalue weighted by Gasteiger charge is 2.27. The lowest BCUT2D eigenvalue weighted by Crippen LogP contribution is -2.19. The smallest absolute Gasteiger partial charge is 0.359 e. The minimum absolute atomic E-state index is 0.0235. The van der Waals surface area contributed by atoms with E-state index in [1.165, 1.54) is 12.1 Å². The molecule has 11 nitrogen and oxygen atoms in total. The van der Waals surface area contributed by atoms with E-state index in [2.05, 4.69) is 15.0 Å². The van der Waals surface area contributed by atoms with Gasteiger partial charge in [0.2, 0.25) is 0 Å². The second-order valence-electron chi connectivity index (χ2n) is 7.16. The van der Waals surface area contributed by atoms with Crippen LogP contribution in [0.25, 0.3) is 0 Å². The van der Waals surface area contributed by atoms with E-state index in [9.17, 15) is 27.6 Å². The van der Waals surface area contributed by atoms with E-state index < -0.39 is 39.3 Å². The highest BCUT2D eigenvalue weighted by molar-refractivity contribution is 7.93. The second kappa shape index (κ2) is 11.7. The third-order valence-electron chi connectivity index (χ3n) is 4.22. The van der Waals surface area contributed by atoms with Gasteiger partial charge in [0.1, 0.15) is 5.75 Å². The van der Waals surface area contributed by atoms with Gasteiger partial charge in [0.15, 0.2) is 24.9 Å². The van der Waals surface area contributed by atoms with E-state index in [-0.39, 0.29) is 46.0 Å². The minimum Gasteiger partial charge on any atom is -0.466 e. The van der Waals surface area contributed by atoms with Gasteiger partial charge in [0.25, 0.3) is 5.91 Å². The predicted molar refractivity (Wildman–Crippen MR) is 122 cm³/mol. The molecule has 1 amide bonds. The summed E-state index contributed by atoms with van der Waals surface area (Å²) >= 11 is 0.588. The van der Waals surface area contributed by atoms with Crippen molar-refractivity contribution in [3.05, 3.63) is 35.5 Å². The summed E-state index contributed by atoms with van der Waals surface area (Å²) in [5, 5.41) is 2.25. The average Bonchev–Trinajstić information content (AvgIpc) is 3.17. The zero-order valence-corrected chi connectivity index (χ0v) is 20.6. The molecule has 0 aliphatic carbocycles. The van der Waals surface area contributed by atoms with E-state index in [4.69, 9.17) is 9.47 Å². The topological polar surface area (TPSA) is 155 Å². The number of hydrogen-bond acceptors (Lipinski definition) is 11. The highest BCUT2D eigenvalue weighted by Crippen LogP contribution is 2.29. The zero-order chi connectivity index (χ0) is 25.5. The van der Waals surface area contributed by atoms with Crippen LogP contribution in [0, 0.1) is 5.92 Å². The van der Waals surface area contributed by atoms with Gasteiger partial charge >= 0.3 is 17.9 Å². The zero-order valence-electron chi connectivity index (χ0n) is 18.9. The molecule has 13 heteroatoms. The van der Waals surface area contributed by atoms with Crippen LogP contribution in [0.2, 0.25) is 0 Å². The van der Waals surface area contributed by atoms with Crippen molar-refractivity contribution < 1.29 is 41.8 Å². The molecular weight excluding hydrogens is 488 g/mol. The van der Waals surface area contributed by atoms with Gasteiger partial charge in [0.05, 0.1) is 19.3 Å². The number of hydrogen-bond donors (Lipinski definition) is 1. The van der Waals surface area contributed by atoms with Crippen LogP contribution in [0.5, 0.6) is 5.75 Å². The van der Waals surface area contributed by atoms with Gasteiger partial charge < -0.3 is 14.2 Å². The second-order valence-corrected chi connectivity index (χ2v) is 10.4. The third kappa shape index (κ3) is 7.35. The van der Waals surface area contributed by atoms with E-state index in [1.54, 1.807) is 26.0 Å². The number of nitrogens with zero attached hydrogens (tertiary/aromatic N) is 1. The van der Waals surface area contributed by atoms with E-state index in [0.29, 0.717) is 11.3 Å². The van der Waals surface area contributed by atoms with Crippen LogP contribution < -0.4 is 10.1 Å². The molecule has 0 aliphatic rings. The van der Waals surface area contributed by atoms with Crippen molar-refractivity contribution >= 4 is 50.1 Å². The van der Waals surface area contributed by atoms with Crippen molar-refractivity contribution in [2.75, 3.05) is 25.3 Å². The van der Waals surface area contributed by atoms with Gasteiger partial charge in [-0.15, -0.1) is 0 Å². The number of para-hydroxylation sites is 1. The Labute approximate surface area is 200 Å². The number of esters is 3. The molecule has 0 saturated carbocycles. The van der Waals surface area contributed by atoms with Gasteiger partial charge in [-0.25, -0.2) is 18.2 Å². The molecular formula is C21H24N2O9S2. The van der Waals surface area contributed by atoms with Crippen LogP contribution in [0.15, 0.2) is 28.5 Å². The molecule has 0 aliphatic heterocycles. The maximum atomic E-state index is 12.8. The summed E-state index contributed by atoms with van der Waals surface area (Å²) in [6.07, 6.45) is 0.859. The van der Waals surface area contributed by atoms with Gasteiger partial charge in [-0.1, -0.05) is 30.4 Å². The fourth-order valence-corrected chi connectivity index (χ4v) is 4.77. The molecule has 0 radical (unpaired) electrons. The van der Waals surface area contributed by atoms with Crippen LogP contribution in [0.1, 0.15) is 47.5 Å². The number of nitrogens with one attached hydrogen (secondary N) is 1. The number of amides is 1. The number of carbonyl (C=O) groups excluding carboxylic acids is 4. The number of benzene rings is 1. The fraction of sp³-hybridized carbons (Fsp3) is 0.381. The Balaban J connectivity index is 2.17. The van der Waals surface area contributed by atoms with Gasteiger partial charge in [-0.05, 0) is 25.0 Å². The Morgan fingerprint density at radius 1 is 1.12 bits per heavy atom. The Morgan fingerprint density at radius 2 is 1.76 bits per heavy atom. The Bertz CT molecular complexity index is 1190. The molecule has 0 fully saturated rings. The van der Waals surface area contributed by atoms with Crippen molar-refractivity contribution in [3.63, 3.8) is 0 Å². The van der Waals surface area contributed by atoms with Crippen molar-refractivity contribution in [3.8, 4) is 5.75 Å². The summed E-state index contributed by atoms with van der Waals surface area (Å²) < 4.78 is 38.3. The first-order valence-electron chi connectivity index (χ1n) is 10.0. The average molecular weight is 513 g/mol. The molecule has 0 saturated heterocycles. The lowest BCUT2D eigenvalue weighted by atomic mass is 10.0. The Kier molecular flexibility index (Phi) is 9.27. The van der Waals surface area contributed by atoms with Gasteiger partial charge in [-0.3, -0.25) is 19.7 Å². The van der Waals surface area contributed by atoms with Crippen LogP contribution >= 0.6 is 11.3 Å². The minimum atomic E-state index is -3.81. The fourth-order valence-electron chi connectivity index (χ4n) is 2.77. The predicted octanol–water partition coefficient (Wildman–Crippen LogP) is 2.47. The molecule has 0 bridgehead atoms. The van der Waals surface area contributed by atoms with E-state index in [0.717, 1.165) is 13.4 Å². The van der Waals surface area contributed by atoms with Crippen LogP contribution in [-0.2, 0) is 28.9 Å². The summed E-state index contributed by atoms with van der Waals surface area (Å²) in [4.78, 5) is 52.4. The Hall–Kier alpha value is -3.32. The molecule has 0 spiro atoms. The SMILES string of the molecule is CCOC(=O)CC(C)CC(=O)Oc1ccccc1C(=O)Nc1nc(C(=O)OC)c(S(C)(=O)=O)s1.